The van der Waals surface area contributed by atoms with Gasteiger partial charge in [0.15, 0.2) is 0 Å². The maximum absolute atomic E-state index is 12.3. The van der Waals surface area contributed by atoms with E-state index in [1.165, 1.54) is 0 Å². The average molecular weight is 284 g/mol. The van der Waals surface area contributed by atoms with Crippen LogP contribution in [0.25, 0.3) is 0 Å². The molecule has 0 rings (SSSR count). The fraction of sp³-hybridized carbons (Fsp3) is 0.875. The van der Waals surface area contributed by atoms with Crippen molar-refractivity contribution >= 4 is 11.8 Å². The molecule has 20 heavy (non-hydrogen) atoms. The van der Waals surface area contributed by atoms with Crippen molar-refractivity contribution in [3.63, 3.8) is 0 Å². The van der Waals surface area contributed by atoms with Gasteiger partial charge in [-0.3, -0.25) is 9.59 Å². The zero-order valence-corrected chi connectivity index (χ0v) is 13.6. The maximum Gasteiger partial charge on any atom is 0.224 e. The van der Waals surface area contributed by atoms with Gasteiger partial charge in [-0.05, 0) is 25.7 Å². The Hall–Kier alpha value is -1.06. The van der Waals surface area contributed by atoms with Crippen molar-refractivity contribution in [3.8, 4) is 0 Å². The molecule has 0 saturated heterocycles. The molecule has 4 nitrogen and oxygen atoms in total. The molecule has 0 atom stereocenters. The molecule has 0 aliphatic rings. The molecule has 0 aromatic carbocycles. The highest BCUT2D eigenvalue weighted by molar-refractivity contribution is 5.92. The first-order valence-corrected chi connectivity index (χ1v) is 7.98. The Morgan fingerprint density at radius 2 is 0.850 bits per heavy atom. The Labute approximate surface area is 123 Å². The van der Waals surface area contributed by atoms with Gasteiger partial charge in [-0.2, -0.15) is 0 Å². The Bertz CT molecular complexity index is 282. The van der Waals surface area contributed by atoms with E-state index in [4.69, 9.17) is 11.5 Å². The lowest BCUT2D eigenvalue weighted by Gasteiger charge is -2.47. The average Bonchev–Trinajstić information content (AvgIpc) is 2.37. The van der Waals surface area contributed by atoms with Crippen molar-refractivity contribution in [2.75, 3.05) is 0 Å². The summed E-state index contributed by atoms with van der Waals surface area (Å²) in [7, 11) is 0. The summed E-state index contributed by atoms with van der Waals surface area (Å²) in [6.07, 6.45) is 5.85. The van der Waals surface area contributed by atoms with Crippen LogP contribution in [-0.2, 0) is 9.59 Å². The van der Waals surface area contributed by atoms with Crippen LogP contribution in [0.4, 0.5) is 0 Å². The van der Waals surface area contributed by atoms with Gasteiger partial charge in [0.05, 0.1) is 10.8 Å². The highest BCUT2D eigenvalue weighted by Gasteiger charge is 2.56. The maximum atomic E-state index is 12.3. The summed E-state index contributed by atoms with van der Waals surface area (Å²) in [5.74, 6) is -0.719. The molecule has 0 saturated carbocycles. The second kappa shape index (κ2) is 8.28. The van der Waals surface area contributed by atoms with E-state index in [-0.39, 0.29) is 11.8 Å². The highest BCUT2D eigenvalue weighted by Crippen LogP contribution is 2.52. The third-order valence-corrected chi connectivity index (χ3v) is 4.57. The van der Waals surface area contributed by atoms with Crippen LogP contribution >= 0.6 is 0 Å². The number of carbonyl (C=O) groups excluding carboxylic acids is 2. The van der Waals surface area contributed by atoms with Crippen molar-refractivity contribution in [2.45, 2.75) is 79.1 Å². The van der Waals surface area contributed by atoms with Crippen molar-refractivity contribution in [1.29, 1.82) is 0 Å². The Morgan fingerprint density at radius 1 is 0.650 bits per heavy atom. The number of amides is 2. The largest absolute Gasteiger partial charge is 0.369 e. The quantitative estimate of drug-likeness (QED) is 0.610. The molecule has 0 aromatic rings. The number of primary amides is 2. The normalized spacial score (nSPS) is 12.4. The number of hydrogen-bond donors (Lipinski definition) is 2. The van der Waals surface area contributed by atoms with Gasteiger partial charge in [-0.1, -0.05) is 53.4 Å². The van der Waals surface area contributed by atoms with Gasteiger partial charge in [-0.25, -0.2) is 0 Å². The predicted molar refractivity (Wildman–Crippen MR) is 82.9 cm³/mol. The SMILES string of the molecule is CCCC(CCC)(C(N)=O)C(CCC)(CCC)C(N)=O. The van der Waals surface area contributed by atoms with E-state index in [1.807, 2.05) is 27.7 Å². The Balaban J connectivity index is 6.06. The Morgan fingerprint density at radius 3 is 0.950 bits per heavy atom. The van der Waals surface area contributed by atoms with Crippen LogP contribution in [0.2, 0.25) is 0 Å². The van der Waals surface area contributed by atoms with Crippen LogP contribution in [-0.4, -0.2) is 11.8 Å². The van der Waals surface area contributed by atoms with Crippen LogP contribution in [0.5, 0.6) is 0 Å². The summed E-state index contributed by atoms with van der Waals surface area (Å²) in [5.41, 5.74) is 9.97. The lowest BCUT2D eigenvalue weighted by atomic mass is 9.54. The standard InChI is InChI=1S/C16H32N2O2/c1-5-9-15(10-6-2,13(17)19)16(11-7-3,12-8-4)14(18)20/h5-12H2,1-4H3,(H2,17,19)(H2,18,20). The molecule has 2 amide bonds. The second-order valence-electron chi connectivity index (χ2n) is 5.89. The van der Waals surface area contributed by atoms with Crippen LogP contribution in [0.1, 0.15) is 79.1 Å². The van der Waals surface area contributed by atoms with Gasteiger partial charge in [-0.15, -0.1) is 0 Å². The second-order valence-corrected chi connectivity index (χ2v) is 5.89. The van der Waals surface area contributed by atoms with Gasteiger partial charge >= 0.3 is 0 Å². The third-order valence-electron chi connectivity index (χ3n) is 4.57. The van der Waals surface area contributed by atoms with Crippen LogP contribution in [0, 0.1) is 10.8 Å². The molecule has 4 N–H and O–H groups in total. The molecule has 0 fully saturated rings. The first-order chi connectivity index (χ1) is 9.38. The van der Waals surface area contributed by atoms with Gasteiger partial charge < -0.3 is 11.5 Å². The fourth-order valence-corrected chi connectivity index (χ4v) is 3.88. The third kappa shape index (κ3) is 3.33. The van der Waals surface area contributed by atoms with Gasteiger partial charge in [0.2, 0.25) is 11.8 Å². The highest BCUT2D eigenvalue weighted by atomic mass is 16.2. The molecule has 118 valence electrons. The molecule has 0 aromatic heterocycles. The van der Waals surface area contributed by atoms with Gasteiger partial charge in [0, 0.05) is 0 Å². The summed E-state index contributed by atoms with van der Waals surface area (Å²) in [6, 6.07) is 0. The summed E-state index contributed by atoms with van der Waals surface area (Å²) in [6.45, 7) is 8.10. The zero-order valence-electron chi connectivity index (χ0n) is 13.6. The minimum Gasteiger partial charge on any atom is -0.369 e. The smallest absolute Gasteiger partial charge is 0.224 e. The number of carbonyl (C=O) groups is 2. The first kappa shape index (κ1) is 18.9. The van der Waals surface area contributed by atoms with E-state index < -0.39 is 10.8 Å². The zero-order chi connectivity index (χ0) is 15.8. The lowest BCUT2D eigenvalue weighted by Crippen LogP contribution is -2.57. The molecule has 0 heterocycles. The Kier molecular flexibility index (Phi) is 7.84. The van der Waals surface area contributed by atoms with E-state index in [9.17, 15) is 9.59 Å². The van der Waals surface area contributed by atoms with Crippen molar-refractivity contribution in [2.24, 2.45) is 22.3 Å². The monoisotopic (exact) mass is 284 g/mol. The van der Waals surface area contributed by atoms with Crippen molar-refractivity contribution < 1.29 is 9.59 Å². The fourth-order valence-electron chi connectivity index (χ4n) is 3.88. The predicted octanol–water partition coefficient (Wildman–Crippen LogP) is 3.13. The minimum atomic E-state index is -0.797. The van der Waals surface area contributed by atoms with Crippen LogP contribution in [0.3, 0.4) is 0 Å². The molecule has 0 radical (unpaired) electrons. The van der Waals surface area contributed by atoms with E-state index in [1.54, 1.807) is 0 Å². The van der Waals surface area contributed by atoms with E-state index >= 15 is 0 Å². The molecule has 0 aliphatic carbocycles. The lowest BCUT2D eigenvalue weighted by molar-refractivity contribution is -0.153. The van der Waals surface area contributed by atoms with Gasteiger partial charge in [0.25, 0.3) is 0 Å². The number of rotatable bonds is 11. The molecule has 0 bridgehead atoms. The van der Waals surface area contributed by atoms with Crippen LogP contribution in [0.15, 0.2) is 0 Å². The molecule has 0 unspecified atom stereocenters. The van der Waals surface area contributed by atoms with Crippen molar-refractivity contribution in [3.05, 3.63) is 0 Å². The number of hydrogen-bond acceptors (Lipinski definition) is 2. The summed E-state index contributed by atoms with van der Waals surface area (Å²) >= 11 is 0. The van der Waals surface area contributed by atoms with Crippen LogP contribution < -0.4 is 11.5 Å². The number of nitrogens with two attached hydrogens (primary N) is 2. The summed E-state index contributed by atoms with van der Waals surface area (Å²) < 4.78 is 0. The molecular formula is C16H32N2O2. The van der Waals surface area contributed by atoms with E-state index in [0.717, 1.165) is 25.7 Å². The first-order valence-electron chi connectivity index (χ1n) is 7.98. The summed E-state index contributed by atoms with van der Waals surface area (Å²) in [4.78, 5) is 24.6. The summed E-state index contributed by atoms with van der Waals surface area (Å²) in [5, 5.41) is 0. The molecule has 0 spiro atoms. The molecular weight excluding hydrogens is 252 g/mol. The van der Waals surface area contributed by atoms with E-state index in [2.05, 4.69) is 0 Å². The van der Waals surface area contributed by atoms with E-state index in [0.29, 0.717) is 25.7 Å². The molecule has 4 heteroatoms. The minimum absolute atomic E-state index is 0.359. The van der Waals surface area contributed by atoms with Crippen molar-refractivity contribution in [1.82, 2.24) is 0 Å². The topological polar surface area (TPSA) is 86.2 Å². The molecule has 0 aliphatic heterocycles. The van der Waals surface area contributed by atoms with Gasteiger partial charge in [0.1, 0.15) is 0 Å².